The van der Waals surface area contributed by atoms with Crippen molar-refractivity contribution in [1.29, 1.82) is 0 Å². The number of fused-ring (bicyclic) bond motifs is 3. The van der Waals surface area contributed by atoms with Crippen molar-refractivity contribution in [3.05, 3.63) is 50.1 Å². The zero-order chi connectivity index (χ0) is 17.6. The summed E-state index contributed by atoms with van der Waals surface area (Å²) in [7, 11) is 0. The lowest BCUT2D eigenvalue weighted by atomic mass is 9.97. The highest BCUT2D eigenvalue weighted by Crippen LogP contribution is 2.35. The van der Waals surface area contributed by atoms with Crippen LogP contribution >= 0.6 is 23.1 Å². The van der Waals surface area contributed by atoms with Gasteiger partial charge in [-0.15, -0.1) is 11.3 Å². The monoisotopic (exact) mass is 370 g/mol. The molecule has 0 spiro atoms. The summed E-state index contributed by atoms with van der Waals surface area (Å²) < 4.78 is 1.85. The van der Waals surface area contributed by atoms with E-state index in [1.54, 1.807) is 23.1 Å². The first-order valence-electron chi connectivity index (χ1n) is 8.88. The molecule has 0 atom stereocenters. The maximum Gasteiger partial charge on any atom is 0.267 e. The standard InChI is InChI=1S/C20H22N2OS2/c1-4-24-20-21-18-17(14-7-5-6-8-16(14)25-18)19(23)22(20)15-11-12(2)9-10-13(15)3/h9-11H,4-8H2,1-3H3. The average molecular weight is 371 g/mol. The molecular weight excluding hydrogens is 348 g/mol. The van der Waals surface area contributed by atoms with Crippen molar-refractivity contribution in [3.63, 3.8) is 0 Å². The summed E-state index contributed by atoms with van der Waals surface area (Å²) in [6.45, 7) is 6.24. The van der Waals surface area contributed by atoms with E-state index in [4.69, 9.17) is 4.98 Å². The van der Waals surface area contributed by atoms with Crippen LogP contribution in [0.5, 0.6) is 0 Å². The Morgan fingerprint density at radius 1 is 1.24 bits per heavy atom. The number of nitrogens with zero attached hydrogens (tertiary/aromatic N) is 2. The molecule has 25 heavy (non-hydrogen) atoms. The minimum absolute atomic E-state index is 0.106. The summed E-state index contributed by atoms with van der Waals surface area (Å²) >= 11 is 3.37. The molecule has 0 radical (unpaired) electrons. The highest BCUT2D eigenvalue weighted by molar-refractivity contribution is 7.99. The Kier molecular flexibility index (Phi) is 4.46. The molecule has 3 nitrogen and oxygen atoms in total. The number of aromatic nitrogens is 2. The molecule has 1 aromatic carbocycles. The number of hydrogen-bond acceptors (Lipinski definition) is 4. The van der Waals surface area contributed by atoms with Gasteiger partial charge in [-0.2, -0.15) is 0 Å². The van der Waals surface area contributed by atoms with E-state index in [0.29, 0.717) is 0 Å². The molecule has 0 unspecified atom stereocenters. The van der Waals surface area contributed by atoms with Crippen LogP contribution in [0.4, 0.5) is 0 Å². The molecule has 0 amide bonds. The number of thiophene rings is 1. The van der Waals surface area contributed by atoms with Crippen LogP contribution in [-0.2, 0) is 12.8 Å². The minimum atomic E-state index is 0.106. The second-order valence-corrected chi connectivity index (χ2v) is 8.96. The summed E-state index contributed by atoms with van der Waals surface area (Å²) in [5.74, 6) is 0.897. The lowest BCUT2D eigenvalue weighted by Crippen LogP contribution is -2.23. The summed E-state index contributed by atoms with van der Waals surface area (Å²) in [6.07, 6.45) is 4.50. The highest BCUT2D eigenvalue weighted by Gasteiger charge is 2.23. The van der Waals surface area contributed by atoms with Crippen LogP contribution in [0.2, 0.25) is 0 Å². The first-order valence-corrected chi connectivity index (χ1v) is 10.7. The van der Waals surface area contributed by atoms with E-state index in [0.717, 1.165) is 50.8 Å². The van der Waals surface area contributed by atoms with Gasteiger partial charge in [-0.1, -0.05) is 30.8 Å². The van der Waals surface area contributed by atoms with Gasteiger partial charge in [0.25, 0.3) is 5.56 Å². The van der Waals surface area contributed by atoms with Crippen molar-refractivity contribution in [2.75, 3.05) is 5.75 Å². The number of thioether (sulfide) groups is 1. The largest absolute Gasteiger partial charge is 0.268 e. The summed E-state index contributed by atoms with van der Waals surface area (Å²) in [5.41, 5.74) is 4.60. The third kappa shape index (κ3) is 2.83. The van der Waals surface area contributed by atoms with Crippen LogP contribution in [0.25, 0.3) is 15.9 Å². The molecule has 1 aliphatic carbocycles. The van der Waals surface area contributed by atoms with Gasteiger partial charge in [-0.3, -0.25) is 9.36 Å². The lowest BCUT2D eigenvalue weighted by Gasteiger charge is -2.15. The van der Waals surface area contributed by atoms with Crippen LogP contribution in [0.3, 0.4) is 0 Å². The van der Waals surface area contributed by atoms with E-state index in [9.17, 15) is 4.79 Å². The summed E-state index contributed by atoms with van der Waals surface area (Å²) in [6, 6.07) is 6.28. The van der Waals surface area contributed by atoms with Crippen molar-refractivity contribution < 1.29 is 0 Å². The number of hydrogen-bond donors (Lipinski definition) is 0. The fourth-order valence-corrected chi connectivity index (χ4v) is 5.62. The van der Waals surface area contributed by atoms with E-state index in [1.807, 2.05) is 4.57 Å². The maximum atomic E-state index is 13.5. The van der Waals surface area contributed by atoms with Gasteiger partial charge >= 0.3 is 0 Å². The molecular formula is C20H22N2OS2. The Bertz CT molecular complexity index is 1020. The van der Waals surface area contributed by atoms with E-state index in [2.05, 4.69) is 39.0 Å². The molecule has 3 aromatic rings. The Labute approximate surface area is 156 Å². The molecule has 0 bridgehead atoms. The van der Waals surface area contributed by atoms with Crippen LogP contribution in [0, 0.1) is 13.8 Å². The van der Waals surface area contributed by atoms with Gasteiger partial charge in [0.2, 0.25) is 0 Å². The molecule has 0 aliphatic heterocycles. The lowest BCUT2D eigenvalue weighted by molar-refractivity contribution is 0.699. The molecule has 0 saturated carbocycles. The average Bonchev–Trinajstić information content (AvgIpc) is 2.96. The topological polar surface area (TPSA) is 34.9 Å². The second-order valence-electron chi connectivity index (χ2n) is 6.65. The summed E-state index contributed by atoms with van der Waals surface area (Å²) in [5, 5.41) is 1.67. The van der Waals surface area contributed by atoms with Gasteiger partial charge in [0.05, 0.1) is 11.1 Å². The number of aryl methyl sites for hydroxylation is 4. The summed E-state index contributed by atoms with van der Waals surface area (Å²) in [4.78, 5) is 20.8. The molecule has 0 fully saturated rings. The van der Waals surface area contributed by atoms with Crippen LogP contribution in [-0.4, -0.2) is 15.3 Å². The SMILES string of the molecule is CCSc1nc2sc3c(c2c(=O)n1-c1cc(C)ccc1C)CCCC3. The molecule has 0 N–H and O–H groups in total. The highest BCUT2D eigenvalue weighted by atomic mass is 32.2. The Hall–Kier alpha value is -1.59. The first kappa shape index (κ1) is 16.9. The fraction of sp³-hybridized carbons (Fsp3) is 0.400. The van der Waals surface area contributed by atoms with Crippen LogP contribution < -0.4 is 5.56 Å². The fourth-order valence-electron chi connectivity index (χ4n) is 3.59. The van der Waals surface area contributed by atoms with Crippen LogP contribution in [0.15, 0.2) is 28.2 Å². The van der Waals surface area contributed by atoms with Gasteiger partial charge in [0, 0.05) is 4.88 Å². The Morgan fingerprint density at radius 2 is 2.04 bits per heavy atom. The van der Waals surface area contributed by atoms with Crippen molar-refractivity contribution in [1.82, 2.24) is 9.55 Å². The first-order chi connectivity index (χ1) is 12.1. The third-order valence-electron chi connectivity index (χ3n) is 4.84. The van der Waals surface area contributed by atoms with Gasteiger partial charge < -0.3 is 0 Å². The second kappa shape index (κ2) is 6.61. The predicted molar refractivity (Wildman–Crippen MR) is 108 cm³/mol. The van der Waals surface area contributed by atoms with E-state index in [-0.39, 0.29) is 5.56 Å². The third-order valence-corrected chi connectivity index (χ3v) is 6.84. The molecule has 4 rings (SSSR count). The molecule has 5 heteroatoms. The normalized spacial score (nSPS) is 14.0. The van der Waals surface area contributed by atoms with E-state index >= 15 is 0 Å². The number of rotatable bonds is 3. The van der Waals surface area contributed by atoms with Gasteiger partial charge in [0.15, 0.2) is 5.16 Å². The minimum Gasteiger partial charge on any atom is -0.268 e. The Balaban J connectivity index is 2.08. The van der Waals surface area contributed by atoms with Crippen molar-refractivity contribution in [3.8, 4) is 5.69 Å². The Morgan fingerprint density at radius 3 is 2.84 bits per heavy atom. The van der Waals surface area contributed by atoms with Crippen LogP contribution in [0.1, 0.15) is 41.3 Å². The zero-order valence-corrected chi connectivity index (χ0v) is 16.5. The number of benzene rings is 1. The molecule has 2 aromatic heterocycles. The van der Waals surface area contributed by atoms with Gasteiger partial charge in [0.1, 0.15) is 4.83 Å². The van der Waals surface area contributed by atoms with E-state index in [1.165, 1.54) is 23.3 Å². The zero-order valence-electron chi connectivity index (χ0n) is 14.9. The van der Waals surface area contributed by atoms with Gasteiger partial charge in [-0.05, 0) is 68.0 Å². The quantitative estimate of drug-likeness (QED) is 0.478. The predicted octanol–water partition coefficient (Wildman–Crippen LogP) is 5.05. The van der Waals surface area contributed by atoms with Crippen molar-refractivity contribution >= 4 is 33.3 Å². The molecule has 1 aliphatic rings. The van der Waals surface area contributed by atoms with Gasteiger partial charge in [-0.25, -0.2) is 4.98 Å². The molecule has 0 saturated heterocycles. The molecule has 130 valence electrons. The maximum absolute atomic E-state index is 13.5. The smallest absolute Gasteiger partial charge is 0.267 e. The van der Waals surface area contributed by atoms with Crippen molar-refractivity contribution in [2.24, 2.45) is 0 Å². The van der Waals surface area contributed by atoms with Crippen molar-refractivity contribution in [2.45, 2.75) is 51.6 Å². The molecule has 2 heterocycles. The van der Waals surface area contributed by atoms with E-state index < -0.39 is 0 Å².